The minimum absolute atomic E-state index is 0.00994. The average molecular weight is 349 g/mol. The van der Waals surface area contributed by atoms with E-state index in [0.29, 0.717) is 38.4 Å². The predicted molar refractivity (Wildman–Crippen MR) is 90.5 cm³/mol. The molecule has 2 aromatic rings. The van der Waals surface area contributed by atoms with E-state index in [1.807, 2.05) is 13.1 Å². The molecule has 1 fully saturated rings. The van der Waals surface area contributed by atoms with E-state index in [2.05, 4.69) is 15.3 Å². The first-order chi connectivity index (χ1) is 12.0. The van der Waals surface area contributed by atoms with Gasteiger partial charge in [0.25, 0.3) is 0 Å². The maximum atomic E-state index is 13.9. The summed E-state index contributed by atoms with van der Waals surface area (Å²) in [5, 5.41) is 6.96. The van der Waals surface area contributed by atoms with Gasteiger partial charge in [-0.1, -0.05) is 0 Å². The molecule has 0 radical (unpaired) electrons. The van der Waals surface area contributed by atoms with Gasteiger partial charge in [-0.15, -0.1) is 0 Å². The summed E-state index contributed by atoms with van der Waals surface area (Å²) < 4.78 is 20.9. The molecular formula is C17H24FN5O2. The molecule has 136 valence electrons. The number of nitrogens with zero attached hydrogens (tertiary/aromatic N) is 4. The summed E-state index contributed by atoms with van der Waals surface area (Å²) in [5.41, 5.74) is 1.03. The minimum Gasteiger partial charge on any atom is -0.467 e. The Kier molecular flexibility index (Phi) is 5.37. The highest BCUT2D eigenvalue weighted by Crippen LogP contribution is 2.23. The lowest BCUT2D eigenvalue weighted by Gasteiger charge is -2.28. The summed E-state index contributed by atoms with van der Waals surface area (Å²) in [7, 11) is 3.60. The highest BCUT2D eigenvalue weighted by molar-refractivity contribution is 5.73. The monoisotopic (exact) mass is 349 g/mol. The van der Waals surface area contributed by atoms with E-state index in [9.17, 15) is 9.18 Å². The Labute approximate surface area is 146 Å². The van der Waals surface area contributed by atoms with Gasteiger partial charge in [0.2, 0.25) is 0 Å². The lowest BCUT2D eigenvalue weighted by atomic mass is 10.2. The van der Waals surface area contributed by atoms with Crippen molar-refractivity contribution in [3.63, 3.8) is 0 Å². The van der Waals surface area contributed by atoms with E-state index in [0.717, 1.165) is 5.69 Å². The molecule has 0 saturated carbocycles. The Hall–Kier alpha value is -2.35. The summed E-state index contributed by atoms with van der Waals surface area (Å²) in [6.07, 6.45) is 2.88. The zero-order valence-corrected chi connectivity index (χ0v) is 14.6. The summed E-state index contributed by atoms with van der Waals surface area (Å²) in [6, 6.07) is 5.31. The maximum Gasteiger partial charge on any atom is 0.317 e. The van der Waals surface area contributed by atoms with Crippen molar-refractivity contribution in [3.05, 3.63) is 42.1 Å². The molecule has 2 atom stereocenters. The molecule has 0 aromatic carbocycles. The normalized spacial score (nSPS) is 20.8. The lowest BCUT2D eigenvalue weighted by Crippen LogP contribution is -2.44. The fourth-order valence-corrected chi connectivity index (χ4v) is 3.18. The number of aryl methyl sites for hydroxylation is 1. The Bertz CT molecular complexity index is 687. The van der Waals surface area contributed by atoms with Crippen molar-refractivity contribution >= 4 is 6.03 Å². The summed E-state index contributed by atoms with van der Waals surface area (Å²) in [6.45, 7) is 1.83. The van der Waals surface area contributed by atoms with E-state index < -0.39 is 6.17 Å². The number of amides is 2. The largest absolute Gasteiger partial charge is 0.467 e. The number of likely N-dealkylation sites (tertiary alicyclic amines) is 1. The second-order valence-electron chi connectivity index (χ2n) is 6.48. The molecule has 0 unspecified atom stereocenters. The molecule has 7 nitrogen and oxygen atoms in total. The van der Waals surface area contributed by atoms with E-state index in [-0.39, 0.29) is 12.1 Å². The standard InChI is InChI=1S/C17H24FN5O2/c1-21(17(24)19-9-16-4-3-7-25-16)11-15-8-13(18)10-23(15)12-14-5-6-20-22(14)2/h3-7,13,15H,8-12H2,1-2H3,(H,19,24)/t13-,15-/m0/s1. The Balaban J connectivity index is 1.53. The number of urea groups is 1. The van der Waals surface area contributed by atoms with Crippen LogP contribution in [0.15, 0.2) is 35.1 Å². The fraction of sp³-hybridized carbons (Fsp3) is 0.529. The molecule has 8 heteroatoms. The van der Waals surface area contributed by atoms with E-state index in [1.54, 1.807) is 41.2 Å². The van der Waals surface area contributed by atoms with Gasteiger partial charge in [-0.3, -0.25) is 9.58 Å². The summed E-state index contributed by atoms with van der Waals surface area (Å²) in [4.78, 5) is 15.9. The number of rotatable bonds is 6. The smallest absolute Gasteiger partial charge is 0.317 e. The van der Waals surface area contributed by atoms with Crippen LogP contribution in [-0.2, 0) is 20.1 Å². The van der Waals surface area contributed by atoms with Crippen LogP contribution >= 0.6 is 0 Å². The molecular weight excluding hydrogens is 325 g/mol. The number of alkyl halides is 1. The van der Waals surface area contributed by atoms with Crippen LogP contribution in [0.2, 0.25) is 0 Å². The van der Waals surface area contributed by atoms with Crippen LogP contribution in [0.3, 0.4) is 0 Å². The van der Waals surface area contributed by atoms with Crippen LogP contribution in [-0.4, -0.2) is 58.0 Å². The minimum atomic E-state index is -0.863. The van der Waals surface area contributed by atoms with Crippen molar-refractivity contribution in [2.45, 2.75) is 31.7 Å². The summed E-state index contributed by atoms with van der Waals surface area (Å²) in [5.74, 6) is 0.698. The summed E-state index contributed by atoms with van der Waals surface area (Å²) >= 11 is 0. The van der Waals surface area contributed by atoms with Crippen molar-refractivity contribution in [1.29, 1.82) is 0 Å². The number of carbonyl (C=O) groups excluding carboxylic acids is 1. The van der Waals surface area contributed by atoms with Gasteiger partial charge in [0.15, 0.2) is 0 Å². The Morgan fingerprint density at radius 2 is 2.36 bits per heavy atom. The van der Waals surface area contributed by atoms with Gasteiger partial charge >= 0.3 is 6.03 Å². The SMILES string of the molecule is CN(C[C@@H]1C[C@H](F)CN1Cc1ccnn1C)C(=O)NCc1ccco1. The van der Waals surface area contributed by atoms with Gasteiger partial charge in [0.05, 0.1) is 18.5 Å². The van der Waals surface area contributed by atoms with Gasteiger partial charge < -0.3 is 14.6 Å². The Morgan fingerprint density at radius 1 is 1.52 bits per heavy atom. The molecule has 0 spiro atoms. The number of hydrogen-bond acceptors (Lipinski definition) is 4. The van der Waals surface area contributed by atoms with Gasteiger partial charge in [-0.2, -0.15) is 5.10 Å². The van der Waals surface area contributed by atoms with Crippen molar-refractivity contribution in [3.8, 4) is 0 Å². The van der Waals surface area contributed by atoms with Crippen molar-refractivity contribution in [2.24, 2.45) is 7.05 Å². The van der Waals surface area contributed by atoms with Crippen LogP contribution in [0.4, 0.5) is 9.18 Å². The Morgan fingerprint density at radius 3 is 3.04 bits per heavy atom. The van der Waals surface area contributed by atoms with Crippen molar-refractivity contribution in [1.82, 2.24) is 24.9 Å². The number of carbonyl (C=O) groups is 1. The molecule has 0 aliphatic carbocycles. The molecule has 1 saturated heterocycles. The second kappa shape index (κ2) is 7.69. The van der Waals surface area contributed by atoms with Crippen molar-refractivity contribution < 1.29 is 13.6 Å². The van der Waals surface area contributed by atoms with Crippen LogP contribution in [0.25, 0.3) is 0 Å². The predicted octanol–water partition coefficient (Wildman–Crippen LogP) is 1.77. The fourth-order valence-electron chi connectivity index (χ4n) is 3.18. The number of hydrogen-bond donors (Lipinski definition) is 1. The van der Waals surface area contributed by atoms with Crippen LogP contribution < -0.4 is 5.32 Å². The first kappa shape index (κ1) is 17.5. The number of likely N-dealkylation sites (N-methyl/N-ethyl adjacent to an activating group) is 1. The molecule has 3 rings (SSSR count). The number of halogens is 1. The number of nitrogens with one attached hydrogen (secondary N) is 1. The molecule has 2 aromatic heterocycles. The van der Waals surface area contributed by atoms with E-state index >= 15 is 0 Å². The molecule has 1 N–H and O–H groups in total. The van der Waals surface area contributed by atoms with Gasteiger partial charge in [-0.25, -0.2) is 9.18 Å². The molecule has 3 heterocycles. The molecule has 0 bridgehead atoms. The molecule has 2 amide bonds. The zero-order chi connectivity index (χ0) is 17.8. The highest BCUT2D eigenvalue weighted by atomic mass is 19.1. The maximum absolute atomic E-state index is 13.9. The molecule has 1 aliphatic heterocycles. The average Bonchev–Trinajstić information content (AvgIpc) is 3.29. The number of aromatic nitrogens is 2. The molecule has 25 heavy (non-hydrogen) atoms. The van der Waals surface area contributed by atoms with Crippen LogP contribution in [0, 0.1) is 0 Å². The third-order valence-corrected chi connectivity index (χ3v) is 4.59. The van der Waals surface area contributed by atoms with E-state index in [4.69, 9.17) is 4.42 Å². The quantitative estimate of drug-likeness (QED) is 0.863. The lowest BCUT2D eigenvalue weighted by molar-refractivity contribution is 0.172. The van der Waals surface area contributed by atoms with Gasteiger partial charge in [0.1, 0.15) is 11.9 Å². The third-order valence-electron chi connectivity index (χ3n) is 4.59. The van der Waals surface area contributed by atoms with Crippen molar-refractivity contribution in [2.75, 3.05) is 20.1 Å². The van der Waals surface area contributed by atoms with Gasteiger partial charge in [-0.05, 0) is 24.6 Å². The number of furan rings is 1. The zero-order valence-electron chi connectivity index (χ0n) is 14.6. The topological polar surface area (TPSA) is 66.5 Å². The highest BCUT2D eigenvalue weighted by Gasteiger charge is 2.33. The first-order valence-corrected chi connectivity index (χ1v) is 8.39. The van der Waals surface area contributed by atoms with Gasteiger partial charge in [0, 0.05) is 46.0 Å². The molecule has 1 aliphatic rings. The first-order valence-electron chi connectivity index (χ1n) is 8.39. The van der Waals surface area contributed by atoms with Crippen LogP contribution in [0.1, 0.15) is 17.9 Å². The van der Waals surface area contributed by atoms with Crippen LogP contribution in [0.5, 0.6) is 0 Å². The van der Waals surface area contributed by atoms with E-state index in [1.165, 1.54) is 0 Å². The third kappa shape index (κ3) is 4.39. The second-order valence-corrected chi connectivity index (χ2v) is 6.48.